The van der Waals surface area contributed by atoms with E-state index >= 15 is 0 Å². The number of ketones is 1. The van der Waals surface area contributed by atoms with Crippen molar-refractivity contribution in [2.24, 2.45) is 5.92 Å². The smallest absolute Gasteiger partial charge is 0.548 e. The maximum atomic E-state index is 12.2. The molecule has 1 N–H and O–H groups in total. The van der Waals surface area contributed by atoms with E-state index < -0.39 is 45.8 Å². The Morgan fingerprint density at radius 1 is 1.48 bits per heavy atom. The van der Waals surface area contributed by atoms with Crippen molar-refractivity contribution in [2.45, 2.75) is 36.1 Å². The average Bonchev–Trinajstić information content (AvgIpc) is 3.02. The van der Waals surface area contributed by atoms with Crippen molar-refractivity contribution < 1.29 is 80.4 Å². The van der Waals surface area contributed by atoms with E-state index in [1.165, 1.54) is 35.1 Å². The largest absolute Gasteiger partial charge is 1.00 e. The SMILES string of the molecule is CC1(C)S[C@@H]2[C@H](C(O)C(=O)c3ccco3)C(=O)N2[C@H]1C(=O)[O-].[K+]. The van der Waals surface area contributed by atoms with Gasteiger partial charge in [0.25, 0.3) is 0 Å². The van der Waals surface area contributed by atoms with Crippen LogP contribution in [0.5, 0.6) is 0 Å². The van der Waals surface area contributed by atoms with E-state index in [2.05, 4.69) is 0 Å². The van der Waals surface area contributed by atoms with Crippen molar-refractivity contribution in [2.75, 3.05) is 0 Å². The topological polar surface area (TPSA) is 111 Å². The molecule has 2 fully saturated rings. The van der Waals surface area contributed by atoms with Crippen LogP contribution in [0.3, 0.4) is 0 Å². The molecule has 9 heteroatoms. The van der Waals surface area contributed by atoms with Crippen molar-refractivity contribution in [3.63, 3.8) is 0 Å². The number of thioether (sulfide) groups is 1. The number of hydrogen-bond donors (Lipinski definition) is 1. The molecule has 0 saturated carbocycles. The molecule has 3 rings (SSSR count). The van der Waals surface area contributed by atoms with Gasteiger partial charge in [-0.15, -0.1) is 11.8 Å². The predicted octanol–water partition coefficient (Wildman–Crippen LogP) is -3.74. The number of carbonyl (C=O) groups is 3. The first kappa shape index (κ1) is 19.2. The zero-order valence-corrected chi connectivity index (χ0v) is 16.8. The van der Waals surface area contributed by atoms with Gasteiger partial charge in [0.1, 0.15) is 12.0 Å². The number of Topliss-reactive ketones (excluding diaryl/α,β-unsaturated/α-hetero) is 1. The van der Waals surface area contributed by atoms with Gasteiger partial charge in [0, 0.05) is 4.75 Å². The number of aliphatic carboxylic acids is 1. The average molecular weight is 363 g/mol. The second-order valence-electron chi connectivity index (χ2n) is 5.89. The van der Waals surface area contributed by atoms with Crippen molar-refractivity contribution in [1.82, 2.24) is 4.90 Å². The van der Waals surface area contributed by atoms with Crippen molar-refractivity contribution in [3.05, 3.63) is 24.2 Å². The molecule has 1 amide bonds. The van der Waals surface area contributed by atoms with Crippen LogP contribution in [-0.4, -0.2) is 49.9 Å². The second kappa shape index (κ2) is 6.62. The number of fused-ring (bicyclic) bond motifs is 1. The normalized spacial score (nSPS) is 29.3. The summed E-state index contributed by atoms with van der Waals surface area (Å²) in [6, 6.07) is 1.84. The molecule has 0 spiro atoms. The monoisotopic (exact) mass is 363 g/mol. The molecular formula is C14H14KNO6S. The Balaban J connectivity index is 0.00000192. The van der Waals surface area contributed by atoms with Gasteiger partial charge in [-0.05, 0) is 26.0 Å². The molecule has 7 nitrogen and oxygen atoms in total. The molecule has 0 aliphatic carbocycles. The Labute approximate surface area is 179 Å². The number of carboxylic acids is 1. The molecule has 0 aromatic carbocycles. The van der Waals surface area contributed by atoms with Crippen LogP contribution in [0.4, 0.5) is 0 Å². The van der Waals surface area contributed by atoms with Crippen LogP contribution >= 0.6 is 11.8 Å². The van der Waals surface area contributed by atoms with Gasteiger partial charge < -0.3 is 24.3 Å². The van der Waals surface area contributed by atoms with Gasteiger partial charge in [-0.25, -0.2) is 0 Å². The molecule has 23 heavy (non-hydrogen) atoms. The van der Waals surface area contributed by atoms with E-state index in [1.54, 1.807) is 13.8 Å². The fourth-order valence-corrected chi connectivity index (χ4v) is 4.75. The summed E-state index contributed by atoms with van der Waals surface area (Å²) in [6.07, 6.45) is -0.252. The van der Waals surface area contributed by atoms with Gasteiger partial charge in [0.15, 0.2) is 5.76 Å². The van der Waals surface area contributed by atoms with Gasteiger partial charge in [-0.3, -0.25) is 9.59 Å². The molecular weight excluding hydrogens is 349 g/mol. The summed E-state index contributed by atoms with van der Waals surface area (Å²) in [4.78, 5) is 36.8. The number of carbonyl (C=O) groups excluding carboxylic acids is 3. The summed E-state index contributed by atoms with van der Waals surface area (Å²) >= 11 is 1.25. The first-order valence-electron chi connectivity index (χ1n) is 6.72. The molecule has 0 bridgehead atoms. The molecule has 3 heterocycles. The summed E-state index contributed by atoms with van der Waals surface area (Å²) < 4.78 is 4.19. The van der Waals surface area contributed by atoms with E-state index in [0.717, 1.165) is 0 Å². The zero-order valence-electron chi connectivity index (χ0n) is 12.9. The third kappa shape index (κ3) is 2.96. The van der Waals surface area contributed by atoms with Crippen LogP contribution in [0, 0.1) is 5.92 Å². The van der Waals surface area contributed by atoms with E-state index in [9.17, 15) is 24.6 Å². The Hall–Kier alpha value is -0.164. The summed E-state index contributed by atoms with van der Waals surface area (Å²) in [5, 5.41) is 20.9. The van der Waals surface area contributed by atoms with Crippen LogP contribution < -0.4 is 56.5 Å². The van der Waals surface area contributed by atoms with Gasteiger partial charge in [-0.2, -0.15) is 0 Å². The fourth-order valence-electron chi connectivity index (χ4n) is 3.04. The molecule has 1 aromatic heterocycles. The number of aliphatic hydroxyl groups excluding tert-OH is 1. The summed E-state index contributed by atoms with van der Waals surface area (Å²) in [6.45, 7) is 3.39. The van der Waals surface area contributed by atoms with Gasteiger partial charge in [0.05, 0.1) is 23.6 Å². The number of hydrogen-bond acceptors (Lipinski definition) is 7. The summed E-state index contributed by atoms with van der Waals surface area (Å²) in [7, 11) is 0. The number of rotatable bonds is 4. The standard InChI is InChI=1S/C14H15NO6S.K/c1-14(2)10(13(19)20)15-11(18)7(12(15)22-14)9(17)8(16)6-4-3-5-21-6;/h3-5,7,9-10,12,17H,1-2H3,(H,19,20);/q;+1/p-1/t7-,9?,10+,12-;/m1./s1. The van der Waals surface area contributed by atoms with E-state index in [1.807, 2.05) is 0 Å². The third-order valence-corrected chi connectivity index (χ3v) is 5.67. The molecule has 2 aliphatic rings. The minimum Gasteiger partial charge on any atom is -0.548 e. The van der Waals surface area contributed by atoms with Crippen LogP contribution in [0.25, 0.3) is 0 Å². The molecule has 0 radical (unpaired) electrons. The van der Waals surface area contributed by atoms with Gasteiger partial charge >= 0.3 is 51.4 Å². The molecule has 2 aliphatic heterocycles. The van der Waals surface area contributed by atoms with Crippen molar-refractivity contribution in [1.29, 1.82) is 0 Å². The minimum atomic E-state index is -1.55. The molecule has 1 aromatic rings. The second-order valence-corrected chi connectivity index (χ2v) is 7.66. The van der Waals surface area contributed by atoms with Crippen LogP contribution in [0.1, 0.15) is 24.4 Å². The van der Waals surface area contributed by atoms with E-state index in [-0.39, 0.29) is 57.1 Å². The molecule has 118 valence electrons. The van der Waals surface area contributed by atoms with Crippen LogP contribution in [0.2, 0.25) is 0 Å². The Morgan fingerprint density at radius 3 is 2.65 bits per heavy atom. The number of aliphatic hydroxyl groups is 1. The number of carboxylic acid groups (broad SMARTS) is 1. The molecule has 1 unspecified atom stereocenters. The van der Waals surface area contributed by atoms with Crippen molar-refractivity contribution in [3.8, 4) is 0 Å². The first-order chi connectivity index (χ1) is 10.3. The maximum absolute atomic E-state index is 12.2. The van der Waals surface area contributed by atoms with E-state index in [4.69, 9.17) is 4.42 Å². The number of furan rings is 1. The quantitative estimate of drug-likeness (QED) is 0.332. The van der Waals surface area contributed by atoms with Crippen LogP contribution in [0.15, 0.2) is 22.8 Å². The zero-order chi connectivity index (χ0) is 16.2. The van der Waals surface area contributed by atoms with E-state index in [0.29, 0.717) is 0 Å². The summed E-state index contributed by atoms with van der Waals surface area (Å²) in [5.41, 5.74) is 0. The maximum Gasteiger partial charge on any atom is 1.00 e. The molecule has 4 atom stereocenters. The Bertz CT molecular complexity index is 646. The number of amides is 1. The van der Waals surface area contributed by atoms with Crippen molar-refractivity contribution >= 4 is 29.4 Å². The minimum absolute atomic E-state index is 0. The van der Waals surface area contributed by atoms with Crippen LogP contribution in [-0.2, 0) is 9.59 Å². The van der Waals surface area contributed by atoms with Gasteiger partial charge in [0.2, 0.25) is 11.7 Å². The summed E-state index contributed by atoms with van der Waals surface area (Å²) in [5.74, 6) is -3.56. The fraction of sp³-hybridized carbons (Fsp3) is 0.500. The third-order valence-electron chi connectivity index (χ3n) is 4.08. The predicted molar refractivity (Wildman–Crippen MR) is 73.6 cm³/mol. The number of β-lactam (4-membered cyclic amide) rings is 1. The molecule has 2 saturated heterocycles. The Morgan fingerprint density at radius 2 is 2.13 bits per heavy atom. The Kier molecular flexibility index (Phi) is 5.52. The first-order valence-corrected chi connectivity index (χ1v) is 7.60. The van der Waals surface area contributed by atoms with Gasteiger partial charge in [-0.1, -0.05) is 0 Å². The number of nitrogens with zero attached hydrogens (tertiary/aromatic N) is 1.